The third-order valence-electron chi connectivity index (χ3n) is 1.04. The monoisotopic (exact) mass is 127 g/mol. The summed E-state index contributed by atoms with van der Waals surface area (Å²) in [5.41, 5.74) is 0. The second-order valence-electron chi connectivity index (χ2n) is 1.91. The van der Waals surface area contributed by atoms with E-state index in [1.807, 2.05) is 0 Å². The van der Waals surface area contributed by atoms with Crippen LogP contribution in [0.3, 0.4) is 0 Å². The lowest BCUT2D eigenvalue weighted by atomic mass is 10.2. The molecule has 2 nitrogen and oxygen atoms in total. The van der Waals surface area contributed by atoms with Crippen molar-refractivity contribution >= 4 is 5.97 Å². The van der Waals surface area contributed by atoms with E-state index < -0.39 is 5.97 Å². The Morgan fingerprint density at radius 3 is 2.67 bits per heavy atom. The van der Waals surface area contributed by atoms with Gasteiger partial charge < -0.3 is 9.90 Å². The van der Waals surface area contributed by atoms with Crippen molar-refractivity contribution in [3.63, 3.8) is 0 Å². The van der Waals surface area contributed by atoms with Gasteiger partial charge in [-0.2, -0.15) is 0 Å². The molecule has 0 aliphatic carbocycles. The maximum atomic E-state index is 9.83. The first kappa shape index (κ1) is 8.21. The quantitative estimate of drug-likeness (QED) is 0.398. The van der Waals surface area contributed by atoms with Crippen LogP contribution >= 0.6 is 0 Å². The fourth-order valence-electron chi connectivity index (χ4n) is 0.558. The van der Waals surface area contributed by atoms with Crippen molar-refractivity contribution in [2.75, 3.05) is 0 Å². The van der Waals surface area contributed by atoms with Crippen LogP contribution in [0, 0.1) is 0 Å². The van der Waals surface area contributed by atoms with Crippen molar-refractivity contribution < 1.29 is 9.90 Å². The molecule has 0 aromatic carbocycles. The SMILES string of the molecule is C=CCCCCC(=O)[O-]. The van der Waals surface area contributed by atoms with Gasteiger partial charge in [-0.25, -0.2) is 0 Å². The lowest BCUT2D eigenvalue weighted by Gasteiger charge is -1.98. The van der Waals surface area contributed by atoms with E-state index in [1.165, 1.54) is 0 Å². The van der Waals surface area contributed by atoms with Gasteiger partial charge in [0.1, 0.15) is 0 Å². The summed E-state index contributed by atoms with van der Waals surface area (Å²) in [6.07, 6.45) is 4.46. The first-order valence-electron chi connectivity index (χ1n) is 3.08. The molecule has 9 heavy (non-hydrogen) atoms. The topological polar surface area (TPSA) is 40.1 Å². The number of unbranched alkanes of at least 4 members (excludes halogenated alkanes) is 2. The number of carbonyl (C=O) groups excluding carboxylic acids is 1. The zero-order chi connectivity index (χ0) is 7.11. The molecule has 0 atom stereocenters. The first-order chi connectivity index (χ1) is 4.27. The van der Waals surface area contributed by atoms with Crippen molar-refractivity contribution in [1.29, 1.82) is 0 Å². The van der Waals surface area contributed by atoms with E-state index in [1.54, 1.807) is 6.08 Å². The molecule has 0 aliphatic rings. The summed E-state index contributed by atoms with van der Waals surface area (Å²) < 4.78 is 0. The van der Waals surface area contributed by atoms with E-state index in [9.17, 15) is 9.90 Å². The zero-order valence-electron chi connectivity index (χ0n) is 5.43. The maximum Gasteiger partial charge on any atom is 0.0414 e. The van der Waals surface area contributed by atoms with Crippen molar-refractivity contribution in [2.24, 2.45) is 0 Å². The standard InChI is InChI=1S/C7H12O2/c1-2-3-4-5-6-7(8)9/h2H,1,3-6H2,(H,8,9)/p-1. The Morgan fingerprint density at radius 1 is 1.56 bits per heavy atom. The Balaban J connectivity index is 2.91. The van der Waals surface area contributed by atoms with Gasteiger partial charge in [-0.15, -0.1) is 6.58 Å². The molecule has 0 unspecified atom stereocenters. The van der Waals surface area contributed by atoms with Gasteiger partial charge in [0, 0.05) is 5.97 Å². The van der Waals surface area contributed by atoms with E-state index in [-0.39, 0.29) is 6.42 Å². The Hall–Kier alpha value is -0.790. The van der Waals surface area contributed by atoms with Crippen molar-refractivity contribution in [1.82, 2.24) is 0 Å². The minimum absolute atomic E-state index is 0.174. The fourth-order valence-corrected chi connectivity index (χ4v) is 0.558. The number of allylic oxidation sites excluding steroid dienone is 1. The van der Waals surface area contributed by atoms with Crippen LogP contribution < -0.4 is 5.11 Å². The molecule has 0 saturated heterocycles. The Kier molecular flexibility index (Phi) is 4.88. The number of carboxylic acids is 1. The second kappa shape index (κ2) is 5.35. The van der Waals surface area contributed by atoms with Crippen LogP contribution in [-0.4, -0.2) is 5.97 Å². The van der Waals surface area contributed by atoms with E-state index in [2.05, 4.69) is 6.58 Å². The summed E-state index contributed by atoms with van der Waals surface area (Å²) >= 11 is 0. The van der Waals surface area contributed by atoms with Gasteiger partial charge in [0.2, 0.25) is 0 Å². The number of hydrogen-bond donors (Lipinski definition) is 0. The van der Waals surface area contributed by atoms with E-state index in [0.717, 1.165) is 12.8 Å². The zero-order valence-corrected chi connectivity index (χ0v) is 5.43. The van der Waals surface area contributed by atoms with Gasteiger partial charge in [-0.05, 0) is 25.7 Å². The summed E-state index contributed by atoms with van der Waals surface area (Å²) in [4.78, 5) is 9.83. The molecule has 2 heteroatoms. The third-order valence-corrected chi connectivity index (χ3v) is 1.04. The third kappa shape index (κ3) is 7.21. The molecule has 0 rings (SSSR count). The maximum absolute atomic E-state index is 9.83. The summed E-state index contributed by atoms with van der Waals surface area (Å²) in [5.74, 6) is -0.959. The molecule has 0 aromatic rings. The van der Waals surface area contributed by atoms with Crippen LogP contribution in [0.15, 0.2) is 12.7 Å². The lowest BCUT2D eigenvalue weighted by molar-refractivity contribution is -0.305. The molecule has 0 spiro atoms. The van der Waals surface area contributed by atoms with Crippen LogP contribution in [0.2, 0.25) is 0 Å². The molecule has 0 heterocycles. The molecule has 0 aliphatic heterocycles. The van der Waals surface area contributed by atoms with Gasteiger partial charge in [0.25, 0.3) is 0 Å². The summed E-state index contributed by atoms with van der Waals surface area (Å²) in [6.45, 7) is 3.51. The summed E-state index contributed by atoms with van der Waals surface area (Å²) in [7, 11) is 0. The summed E-state index contributed by atoms with van der Waals surface area (Å²) in [6, 6.07) is 0. The fraction of sp³-hybridized carbons (Fsp3) is 0.571. The average molecular weight is 127 g/mol. The van der Waals surface area contributed by atoms with Crippen LogP contribution in [0.25, 0.3) is 0 Å². The molecule has 0 aromatic heterocycles. The lowest BCUT2D eigenvalue weighted by Crippen LogP contribution is -2.21. The smallest absolute Gasteiger partial charge is 0.0414 e. The molecule has 0 saturated carbocycles. The van der Waals surface area contributed by atoms with Crippen LogP contribution in [0.4, 0.5) is 0 Å². The highest BCUT2D eigenvalue weighted by molar-refractivity contribution is 5.63. The highest BCUT2D eigenvalue weighted by Gasteiger charge is 1.85. The van der Waals surface area contributed by atoms with Crippen molar-refractivity contribution in [3.05, 3.63) is 12.7 Å². The predicted molar refractivity (Wildman–Crippen MR) is 33.7 cm³/mol. The van der Waals surface area contributed by atoms with E-state index >= 15 is 0 Å². The Labute approximate surface area is 55.2 Å². The highest BCUT2D eigenvalue weighted by Crippen LogP contribution is 1.98. The predicted octanol–water partition coefficient (Wildman–Crippen LogP) is 0.483. The molecule has 0 fully saturated rings. The molecular weight excluding hydrogens is 116 g/mol. The molecule has 0 amide bonds. The van der Waals surface area contributed by atoms with E-state index in [4.69, 9.17) is 0 Å². The Morgan fingerprint density at radius 2 is 2.22 bits per heavy atom. The van der Waals surface area contributed by atoms with Gasteiger partial charge >= 0.3 is 0 Å². The largest absolute Gasteiger partial charge is 0.550 e. The first-order valence-corrected chi connectivity index (χ1v) is 3.08. The highest BCUT2D eigenvalue weighted by atomic mass is 16.4. The second-order valence-corrected chi connectivity index (χ2v) is 1.91. The normalized spacial score (nSPS) is 8.89. The van der Waals surface area contributed by atoms with Crippen LogP contribution in [0.5, 0.6) is 0 Å². The molecule has 52 valence electrons. The average Bonchev–Trinajstić information content (AvgIpc) is 1.80. The number of rotatable bonds is 5. The van der Waals surface area contributed by atoms with Gasteiger partial charge in [0.05, 0.1) is 0 Å². The molecule has 0 bridgehead atoms. The number of hydrogen-bond acceptors (Lipinski definition) is 2. The number of carbonyl (C=O) groups is 1. The van der Waals surface area contributed by atoms with Gasteiger partial charge in [-0.3, -0.25) is 0 Å². The minimum atomic E-state index is -0.959. The minimum Gasteiger partial charge on any atom is -0.550 e. The van der Waals surface area contributed by atoms with Crippen LogP contribution in [-0.2, 0) is 4.79 Å². The van der Waals surface area contributed by atoms with Crippen molar-refractivity contribution in [2.45, 2.75) is 25.7 Å². The molecule has 0 N–H and O–H groups in total. The number of aliphatic carboxylic acids is 1. The van der Waals surface area contributed by atoms with Crippen LogP contribution in [0.1, 0.15) is 25.7 Å². The molecular formula is C7H11O2-. The summed E-state index contributed by atoms with van der Waals surface area (Å²) in [5, 5.41) is 9.83. The van der Waals surface area contributed by atoms with Gasteiger partial charge in [0.15, 0.2) is 0 Å². The van der Waals surface area contributed by atoms with E-state index in [0.29, 0.717) is 6.42 Å². The number of carboxylic acid groups (broad SMARTS) is 1. The molecule has 0 radical (unpaired) electrons. The van der Waals surface area contributed by atoms with Crippen molar-refractivity contribution in [3.8, 4) is 0 Å². The van der Waals surface area contributed by atoms with Gasteiger partial charge in [-0.1, -0.05) is 6.08 Å². The Bertz CT molecular complexity index is 97.1.